The monoisotopic (exact) mass is 289 g/mol. The van der Waals surface area contributed by atoms with Gasteiger partial charge in [-0.25, -0.2) is 4.98 Å². The molecule has 4 nitrogen and oxygen atoms in total. The van der Waals surface area contributed by atoms with Gasteiger partial charge in [0.25, 0.3) is 5.91 Å². The predicted octanol–water partition coefficient (Wildman–Crippen LogP) is 2.56. The molecule has 0 aliphatic heterocycles. The summed E-state index contributed by atoms with van der Waals surface area (Å²) in [5.41, 5.74) is 6.48. The number of nitrogens with zero attached hydrogens (tertiary/aromatic N) is 1. The number of carbonyl (C=O) groups excluding carboxylic acids is 1. The number of alkyl halides is 3. The van der Waals surface area contributed by atoms with Crippen molar-refractivity contribution in [2.75, 3.05) is 12.3 Å². The van der Waals surface area contributed by atoms with E-state index in [1.807, 2.05) is 0 Å². The second-order valence-electron chi connectivity index (χ2n) is 3.86. The number of nitrogens with one attached hydrogen (secondary N) is 1. The highest BCUT2D eigenvalue weighted by Crippen LogP contribution is 2.24. The van der Waals surface area contributed by atoms with Crippen molar-refractivity contribution < 1.29 is 18.0 Å². The van der Waals surface area contributed by atoms with Crippen molar-refractivity contribution in [2.24, 2.45) is 0 Å². The van der Waals surface area contributed by atoms with E-state index in [-0.39, 0.29) is 0 Å². The molecule has 1 aromatic heterocycles. The van der Waals surface area contributed by atoms with E-state index in [4.69, 9.17) is 5.73 Å². The molecule has 0 bridgehead atoms. The number of nitrogens with two attached hydrogens (primary N) is 1. The molecule has 19 heavy (non-hydrogen) atoms. The molecule has 0 saturated carbocycles. The van der Waals surface area contributed by atoms with Crippen LogP contribution in [0.3, 0.4) is 0 Å². The minimum absolute atomic E-state index is 0.290. The molecular formula is C11H10F3N3OS. The zero-order chi connectivity index (χ0) is 14.0. The predicted molar refractivity (Wildman–Crippen MR) is 67.0 cm³/mol. The Balaban J connectivity index is 2.04. The van der Waals surface area contributed by atoms with Gasteiger partial charge in [0, 0.05) is 12.1 Å². The van der Waals surface area contributed by atoms with Crippen LogP contribution in [0.4, 0.5) is 18.3 Å². The van der Waals surface area contributed by atoms with E-state index in [2.05, 4.69) is 10.3 Å². The molecule has 2 rings (SSSR count). The lowest BCUT2D eigenvalue weighted by Gasteiger charge is -2.07. The summed E-state index contributed by atoms with van der Waals surface area (Å²) in [7, 11) is 0. The first-order valence-corrected chi connectivity index (χ1v) is 6.18. The standard InChI is InChI=1S/C11H10F3N3OS/c12-11(13,14)3-4-16-9(18)6-1-2-7-8(5-6)19-10(15)17-7/h1-2,5H,3-4H2,(H2,15,17)(H,16,18). The van der Waals surface area contributed by atoms with Gasteiger partial charge >= 0.3 is 6.18 Å². The molecule has 0 aliphatic carbocycles. The Hall–Kier alpha value is -1.83. The summed E-state index contributed by atoms with van der Waals surface area (Å²) >= 11 is 1.22. The van der Waals surface area contributed by atoms with E-state index in [0.717, 1.165) is 4.70 Å². The fourth-order valence-electron chi connectivity index (χ4n) is 1.50. The Morgan fingerprint density at radius 2 is 2.16 bits per heavy atom. The molecule has 0 unspecified atom stereocenters. The van der Waals surface area contributed by atoms with E-state index in [1.54, 1.807) is 12.1 Å². The fourth-order valence-corrected chi connectivity index (χ4v) is 2.28. The van der Waals surface area contributed by atoms with Crippen LogP contribution in [0.5, 0.6) is 0 Å². The van der Waals surface area contributed by atoms with Crippen molar-refractivity contribution in [2.45, 2.75) is 12.6 Å². The van der Waals surface area contributed by atoms with Crippen LogP contribution in [0, 0.1) is 0 Å². The highest BCUT2D eigenvalue weighted by Gasteiger charge is 2.26. The number of nitrogen functional groups attached to an aromatic ring is 1. The number of benzene rings is 1. The zero-order valence-corrected chi connectivity index (χ0v) is 10.4. The van der Waals surface area contributed by atoms with E-state index in [9.17, 15) is 18.0 Å². The number of hydrogen-bond acceptors (Lipinski definition) is 4. The van der Waals surface area contributed by atoms with Crippen molar-refractivity contribution >= 4 is 32.6 Å². The third-order valence-electron chi connectivity index (χ3n) is 2.36. The van der Waals surface area contributed by atoms with Crippen LogP contribution < -0.4 is 11.1 Å². The van der Waals surface area contributed by atoms with Gasteiger partial charge in [0.2, 0.25) is 0 Å². The van der Waals surface area contributed by atoms with Gasteiger partial charge < -0.3 is 11.1 Å². The zero-order valence-electron chi connectivity index (χ0n) is 9.62. The minimum Gasteiger partial charge on any atom is -0.375 e. The summed E-state index contributed by atoms with van der Waals surface area (Å²) in [5.74, 6) is -0.543. The molecule has 1 heterocycles. The van der Waals surface area contributed by atoms with Gasteiger partial charge in [-0.1, -0.05) is 11.3 Å². The molecule has 3 N–H and O–H groups in total. The molecule has 2 aromatic rings. The summed E-state index contributed by atoms with van der Waals surface area (Å²) in [6, 6.07) is 4.68. The van der Waals surface area contributed by atoms with E-state index in [1.165, 1.54) is 17.4 Å². The summed E-state index contributed by atoms with van der Waals surface area (Å²) in [5, 5.41) is 2.60. The number of halogens is 3. The van der Waals surface area contributed by atoms with Crippen LogP contribution in [-0.2, 0) is 0 Å². The average Bonchev–Trinajstić information content (AvgIpc) is 2.65. The molecule has 8 heteroatoms. The summed E-state index contributed by atoms with van der Waals surface area (Å²) < 4.78 is 36.6. The van der Waals surface area contributed by atoms with Gasteiger partial charge in [-0.05, 0) is 18.2 Å². The summed E-state index contributed by atoms with van der Waals surface area (Å²) in [6.07, 6.45) is -5.32. The fraction of sp³-hybridized carbons (Fsp3) is 0.273. The maximum atomic E-state index is 11.9. The number of anilines is 1. The number of thiazole rings is 1. The number of carbonyl (C=O) groups is 1. The summed E-state index contributed by atoms with van der Waals surface area (Å²) in [6.45, 7) is -0.439. The molecule has 0 radical (unpaired) electrons. The number of aromatic nitrogens is 1. The maximum Gasteiger partial charge on any atom is 0.390 e. The molecule has 0 aliphatic rings. The minimum atomic E-state index is -4.27. The molecule has 102 valence electrons. The average molecular weight is 289 g/mol. The van der Waals surface area contributed by atoms with Gasteiger partial charge in [-0.2, -0.15) is 13.2 Å². The van der Waals surface area contributed by atoms with Crippen molar-refractivity contribution in [3.63, 3.8) is 0 Å². The first-order valence-electron chi connectivity index (χ1n) is 5.36. The molecule has 0 fully saturated rings. The molecule has 0 spiro atoms. The Morgan fingerprint density at radius 3 is 2.84 bits per heavy atom. The maximum absolute atomic E-state index is 11.9. The van der Waals surface area contributed by atoms with Crippen LogP contribution >= 0.6 is 11.3 Å². The Kier molecular flexibility index (Phi) is 3.61. The molecule has 1 aromatic carbocycles. The number of rotatable bonds is 3. The Bertz CT molecular complexity index is 609. The summed E-state index contributed by atoms with van der Waals surface area (Å²) in [4.78, 5) is 15.7. The Labute approximate surface area is 110 Å². The van der Waals surface area contributed by atoms with E-state index < -0.39 is 25.0 Å². The molecular weight excluding hydrogens is 279 g/mol. The largest absolute Gasteiger partial charge is 0.390 e. The lowest BCUT2D eigenvalue weighted by molar-refractivity contribution is -0.132. The number of fused-ring (bicyclic) bond motifs is 1. The third kappa shape index (κ3) is 3.57. The van der Waals surface area contributed by atoms with Crippen LogP contribution in [0.15, 0.2) is 18.2 Å². The lowest BCUT2D eigenvalue weighted by Crippen LogP contribution is -2.27. The topological polar surface area (TPSA) is 68.0 Å². The molecule has 0 atom stereocenters. The highest BCUT2D eigenvalue weighted by molar-refractivity contribution is 7.22. The lowest BCUT2D eigenvalue weighted by atomic mass is 10.2. The third-order valence-corrected chi connectivity index (χ3v) is 3.21. The quantitative estimate of drug-likeness (QED) is 0.912. The smallest absolute Gasteiger partial charge is 0.375 e. The van der Waals surface area contributed by atoms with Crippen molar-refractivity contribution in [3.05, 3.63) is 23.8 Å². The second kappa shape index (κ2) is 5.04. The van der Waals surface area contributed by atoms with Crippen molar-refractivity contribution in [1.82, 2.24) is 10.3 Å². The molecule has 0 saturated heterocycles. The van der Waals surface area contributed by atoms with E-state index in [0.29, 0.717) is 16.2 Å². The van der Waals surface area contributed by atoms with Gasteiger partial charge in [-0.15, -0.1) is 0 Å². The van der Waals surface area contributed by atoms with Gasteiger partial charge in [0.05, 0.1) is 16.6 Å². The van der Waals surface area contributed by atoms with E-state index >= 15 is 0 Å². The first-order chi connectivity index (χ1) is 8.85. The van der Waals surface area contributed by atoms with Crippen LogP contribution in [-0.4, -0.2) is 23.6 Å². The highest BCUT2D eigenvalue weighted by atomic mass is 32.1. The Morgan fingerprint density at radius 1 is 1.42 bits per heavy atom. The van der Waals surface area contributed by atoms with Crippen LogP contribution in [0.25, 0.3) is 10.2 Å². The normalized spacial score (nSPS) is 11.7. The van der Waals surface area contributed by atoms with Crippen molar-refractivity contribution in [1.29, 1.82) is 0 Å². The SMILES string of the molecule is Nc1nc2ccc(C(=O)NCCC(F)(F)F)cc2s1. The first kappa shape index (κ1) is 13.6. The number of amides is 1. The van der Waals surface area contributed by atoms with Gasteiger partial charge in [0.1, 0.15) is 0 Å². The van der Waals surface area contributed by atoms with Crippen LogP contribution in [0.2, 0.25) is 0 Å². The number of hydrogen-bond donors (Lipinski definition) is 2. The van der Waals surface area contributed by atoms with Gasteiger partial charge in [-0.3, -0.25) is 4.79 Å². The van der Waals surface area contributed by atoms with Crippen LogP contribution in [0.1, 0.15) is 16.8 Å². The van der Waals surface area contributed by atoms with Gasteiger partial charge in [0.15, 0.2) is 5.13 Å². The molecule has 1 amide bonds. The second-order valence-corrected chi connectivity index (χ2v) is 4.92. The van der Waals surface area contributed by atoms with Crippen molar-refractivity contribution in [3.8, 4) is 0 Å².